The molecule has 2 nitrogen and oxygen atoms in total. The Morgan fingerprint density at radius 3 is 2.45 bits per heavy atom. The molecule has 0 radical (unpaired) electrons. The largest absolute Gasteiger partial charge is 0.484 e. The summed E-state index contributed by atoms with van der Waals surface area (Å²) in [6.45, 7) is 5.09. The topological polar surface area (TPSA) is 21.3 Å². The Labute approximate surface area is 134 Å². The Bertz CT molecular complexity index is 528. The zero-order valence-corrected chi connectivity index (χ0v) is 14.0. The van der Waals surface area contributed by atoms with Crippen LogP contribution in [0.25, 0.3) is 0 Å². The van der Waals surface area contributed by atoms with E-state index in [0.29, 0.717) is 6.04 Å². The standard InChI is InChI=1S/C17H20INO/c1-13(2)19-12-17(14-7-4-3-5-8-14)20-16-10-6-9-15(18)11-16/h3-11,13,17,19H,12H2,1-2H3. The van der Waals surface area contributed by atoms with Crippen molar-refractivity contribution in [1.29, 1.82) is 0 Å². The molecule has 0 amide bonds. The number of hydrogen-bond acceptors (Lipinski definition) is 2. The number of ether oxygens (including phenoxy) is 1. The number of rotatable bonds is 6. The first-order valence-corrected chi connectivity index (χ1v) is 7.93. The number of nitrogens with one attached hydrogen (secondary N) is 1. The maximum atomic E-state index is 6.16. The van der Waals surface area contributed by atoms with Crippen LogP contribution < -0.4 is 10.1 Å². The number of benzene rings is 2. The summed E-state index contributed by atoms with van der Waals surface area (Å²) < 4.78 is 7.35. The molecule has 20 heavy (non-hydrogen) atoms. The molecule has 0 fully saturated rings. The third-order valence-corrected chi connectivity index (χ3v) is 3.63. The first kappa shape index (κ1) is 15.3. The zero-order chi connectivity index (χ0) is 14.4. The SMILES string of the molecule is CC(C)NCC(Oc1cccc(I)c1)c1ccccc1. The minimum Gasteiger partial charge on any atom is -0.484 e. The zero-order valence-electron chi connectivity index (χ0n) is 11.8. The Hall–Kier alpha value is -1.07. The molecule has 1 atom stereocenters. The fourth-order valence-electron chi connectivity index (χ4n) is 1.94. The van der Waals surface area contributed by atoms with Crippen LogP contribution in [-0.4, -0.2) is 12.6 Å². The Kier molecular flexibility index (Phi) is 5.86. The minimum atomic E-state index is 0.0248. The van der Waals surface area contributed by atoms with E-state index in [9.17, 15) is 0 Å². The smallest absolute Gasteiger partial charge is 0.136 e. The predicted octanol–water partition coefficient (Wildman–Crippen LogP) is 4.41. The molecule has 0 heterocycles. The molecule has 2 aromatic carbocycles. The van der Waals surface area contributed by atoms with Crippen molar-refractivity contribution in [3.63, 3.8) is 0 Å². The molecule has 2 rings (SSSR count). The highest BCUT2D eigenvalue weighted by Crippen LogP contribution is 2.23. The van der Waals surface area contributed by atoms with Gasteiger partial charge in [0.25, 0.3) is 0 Å². The third-order valence-electron chi connectivity index (χ3n) is 2.96. The molecular weight excluding hydrogens is 361 g/mol. The Balaban J connectivity index is 2.14. The van der Waals surface area contributed by atoms with Crippen molar-refractivity contribution in [2.45, 2.75) is 26.0 Å². The van der Waals surface area contributed by atoms with E-state index in [-0.39, 0.29) is 6.10 Å². The normalized spacial score (nSPS) is 12.4. The summed E-state index contributed by atoms with van der Waals surface area (Å²) in [6, 6.07) is 19.0. The van der Waals surface area contributed by atoms with Crippen LogP contribution >= 0.6 is 22.6 Å². The second-order valence-electron chi connectivity index (χ2n) is 5.04. The maximum Gasteiger partial charge on any atom is 0.136 e. The molecule has 0 aliphatic carbocycles. The lowest BCUT2D eigenvalue weighted by molar-refractivity contribution is 0.198. The fraction of sp³-hybridized carbons (Fsp3) is 0.294. The van der Waals surface area contributed by atoms with Crippen molar-refractivity contribution in [2.75, 3.05) is 6.54 Å². The summed E-state index contributed by atoms with van der Waals surface area (Å²) in [5.41, 5.74) is 1.19. The molecule has 0 bridgehead atoms. The van der Waals surface area contributed by atoms with Gasteiger partial charge in [0.2, 0.25) is 0 Å². The molecule has 106 valence electrons. The first-order valence-electron chi connectivity index (χ1n) is 6.85. The van der Waals surface area contributed by atoms with Gasteiger partial charge in [-0.1, -0.05) is 50.2 Å². The molecule has 0 saturated carbocycles. The molecule has 3 heteroatoms. The van der Waals surface area contributed by atoms with Crippen LogP contribution in [-0.2, 0) is 0 Å². The van der Waals surface area contributed by atoms with Gasteiger partial charge < -0.3 is 10.1 Å². The van der Waals surface area contributed by atoms with E-state index >= 15 is 0 Å². The van der Waals surface area contributed by atoms with Crippen molar-refractivity contribution in [2.24, 2.45) is 0 Å². The van der Waals surface area contributed by atoms with Crippen molar-refractivity contribution in [3.05, 3.63) is 63.7 Å². The lowest BCUT2D eigenvalue weighted by atomic mass is 10.1. The maximum absolute atomic E-state index is 6.16. The quantitative estimate of drug-likeness (QED) is 0.749. The molecular formula is C17H20INO. The number of hydrogen-bond donors (Lipinski definition) is 1. The van der Waals surface area contributed by atoms with Crippen LogP contribution in [0.5, 0.6) is 5.75 Å². The summed E-state index contributed by atoms with van der Waals surface area (Å²) in [5.74, 6) is 0.913. The minimum absolute atomic E-state index is 0.0248. The van der Waals surface area contributed by atoms with Crippen LogP contribution in [0.2, 0.25) is 0 Å². The second kappa shape index (κ2) is 7.64. The Morgan fingerprint density at radius 2 is 1.80 bits per heavy atom. The average Bonchev–Trinajstić information content (AvgIpc) is 2.44. The van der Waals surface area contributed by atoms with Crippen molar-refractivity contribution in [1.82, 2.24) is 5.32 Å². The highest BCUT2D eigenvalue weighted by molar-refractivity contribution is 14.1. The van der Waals surface area contributed by atoms with E-state index in [0.717, 1.165) is 12.3 Å². The summed E-state index contributed by atoms with van der Waals surface area (Å²) in [4.78, 5) is 0. The molecule has 0 saturated heterocycles. The van der Waals surface area contributed by atoms with Gasteiger partial charge in [0.05, 0.1) is 0 Å². The predicted molar refractivity (Wildman–Crippen MR) is 92.1 cm³/mol. The van der Waals surface area contributed by atoms with Crippen LogP contribution in [0.15, 0.2) is 54.6 Å². The molecule has 2 aromatic rings. The Morgan fingerprint density at radius 1 is 1.05 bits per heavy atom. The molecule has 0 aliphatic heterocycles. The van der Waals surface area contributed by atoms with Crippen LogP contribution in [0.3, 0.4) is 0 Å². The monoisotopic (exact) mass is 381 g/mol. The molecule has 1 unspecified atom stereocenters. The third kappa shape index (κ3) is 4.80. The lowest BCUT2D eigenvalue weighted by Gasteiger charge is -2.21. The summed E-state index contributed by atoms with van der Waals surface area (Å²) in [6.07, 6.45) is 0.0248. The molecule has 0 aromatic heterocycles. The van der Waals surface area contributed by atoms with Crippen LogP contribution in [0.4, 0.5) is 0 Å². The van der Waals surface area contributed by atoms with Crippen LogP contribution in [0.1, 0.15) is 25.5 Å². The highest BCUT2D eigenvalue weighted by atomic mass is 127. The van der Waals surface area contributed by atoms with E-state index in [2.05, 4.69) is 78.2 Å². The van der Waals surface area contributed by atoms with E-state index in [1.807, 2.05) is 18.2 Å². The van der Waals surface area contributed by atoms with E-state index in [4.69, 9.17) is 4.74 Å². The summed E-state index contributed by atoms with van der Waals surface area (Å²) in [5, 5.41) is 3.45. The first-order chi connectivity index (χ1) is 9.65. The highest BCUT2D eigenvalue weighted by Gasteiger charge is 2.13. The second-order valence-corrected chi connectivity index (χ2v) is 6.28. The van der Waals surface area contributed by atoms with Crippen molar-refractivity contribution < 1.29 is 4.74 Å². The van der Waals surface area contributed by atoms with Gasteiger partial charge in [-0.2, -0.15) is 0 Å². The van der Waals surface area contributed by atoms with Gasteiger partial charge >= 0.3 is 0 Å². The van der Waals surface area contributed by atoms with Crippen molar-refractivity contribution in [3.8, 4) is 5.75 Å². The van der Waals surface area contributed by atoms with Gasteiger partial charge in [-0.05, 0) is 46.4 Å². The molecule has 0 aliphatic rings. The molecule has 0 spiro atoms. The van der Waals surface area contributed by atoms with Gasteiger partial charge in [-0.3, -0.25) is 0 Å². The van der Waals surface area contributed by atoms with Crippen molar-refractivity contribution >= 4 is 22.6 Å². The van der Waals surface area contributed by atoms with E-state index in [1.54, 1.807) is 0 Å². The molecule has 1 N–H and O–H groups in total. The van der Waals surface area contributed by atoms with Gasteiger partial charge in [-0.25, -0.2) is 0 Å². The lowest BCUT2D eigenvalue weighted by Crippen LogP contribution is -2.30. The van der Waals surface area contributed by atoms with Gasteiger partial charge in [0.1, 0.15) is 11.9 Å². The van der Waals surface area contributed by atoms with Gasteiger partial charge in [0.15, 0.2) is 0 Å². The average molecular weight is 381 g/mol. The van der Waals surface area contributed by atoms with Crippen LogP contribution in [0, 0.1) is 3.57 Å². The van der Waals surface area contributed by atoms with Gasteiger partial charge in [-0.15, -0.1) is 0 Å². The fourth-order valence-corrected chi connectivity index (χ4v) is 2.46. The summed E-state index contributed by atoms with van der Waals surface area (Å²) in [7, 11) is 0. The van der Waals surface area contributed by atoms with E-state index < -0.39 is 0 Å². The summed E-state index contributed by atoms with van der Waals surface area (Å²) >= 11 is 2.30. The van der Waals surface area contributed by atoms with E-state index in [1.165, 1.54) is 9.13 Å². The van der Waals surface area contributed by atoms with Gasteiger partial charge in [0, 0.05) is 16.2 Å². The number of halogens is 1.